The van der Waals surface area contributed by atoms with Crippen LogP contribution >= 0.6 is 12.4 Å². The maximum Gasteiger partial charge on any atom is 0.338 e. The molecule has 4 nitrogen and oxygen atoms in total. The lowest BCUT2D eigenvalue weighted by Crippen LogP contribution is -2.54. The van der Waals surface area contributed by atoms with E-state index in [-0.39, 0.29) is 24.5 Å². The first-order chi connectivity index (χ1) is 14.1. The molecule has 0 spiro atoms. The summed E-state index contributed by atoms with van der Waals surface area (Å²) >= 11 is 0. The zero-order valence-electron chi connectivity index (χ0n) is 17.0. The number of anilines is 1. The summed E-state index contributed by atoms with van der Waals surface area (Å²) in [7, 11) is 2.07. The van der Waals surface area contributed by atoms with Crippen molar-refractivity contribution in [2.75, 3.05) is 25.9 Å². The summed E-state index contributed by atoms with van der Waals surface area (Å²) < 4.78 is 6.19. The molecule has 2 N–H and O–H groups in total. The third-order valence-corrected chi connectivity index (χ3v) is 5.89. The third kappa shape index (κ3) is 4.20. The van der Waals surface area contributed by atoms with E-state index in [1.807, 2.05) is 12.1 Å². The Bertz CT molecular complexity index is 922. The van der Waals surface area contributed by atoms with E-state index < -0.39 is 5.41 Å². The number of carbonyl (C=O) groups is 1. The van der Waals surface area contributed by atoms with Crippen molar-refractivity contribution in [3.8, 4) is 0 Å². The number of rotatable bonds is 4. The number of nitrogen functional groups attached to an aromatic ring is 1. The molecule has 1 unspecified atom stereocenters. The van der Waals surface area contributed by atoms with Gasteiger partial charge in [-0.25, -0.2) is 4.79 Å². The lowest BCUT2D eigenvalue weighted by molar-refractivity contribution is -0.0161. The highest BCUT2D eigenvalue weighted by molar-refractivity contribution is 5.90. The fraction of sp³-hybridized carbons (Fsp3) is 0.240. The number of likely N-dealkylation sites (tertiary alicyclic amines) is 1. The Hall–Kier alpha value is -2.82. The van der Waals surface area contributed by atoms with Gasteiger partial charge in [0.15, 0.2) is 0 Å². The molecule has 5 heteroatoms. The molecule has 0 bridgehead atoms. The molecule has 4 rings (SSSR count). The first-order valence-corrected chi connectivity index (χ1v) is 9.96. The minimum absolute atomic E-state index is 0. The van der Waals surface area contributed by atoms with Gasteiger partial charge in [-0.2, -0.15) is 0 Å². The van der Waals surface area contributed by atoms with E-state index in [0.717, 1.165) is 13.0 Å². The highest BCUT2D eigenvalue weighted by Gasteiger charge is 2.47. The zero-order valence-corrected chi connectivity index (χ0v) is 17.8. The number of carbonyl (C=O) groups excluding carboxylic acids is 1. The maximum absolute atomic E-state index is 13.0. The van der Waals surface area contributed by atoms with Gasteiger partial charge in [0, 0.05) is 12.2 Å². The molecule has 3 aromatic carbocycles. The molecule has 0 aliphatic carbocycles. The van der Waals surface area contributed by atoms with E-state index in [1.54, 1.807) is 24.3 Å². The number of ether oxygens (including phenoxy) is 1. The van der Waals surface area contributed by atoms with Crippen molar-refractivity contribution in [1.82, 2.24) is 4.90 Å². The number of halogens is 1. The van der Waals surface area contributed by atoms with Crippen molar-refractivity contribution in [3.63, 3.8) is 0 Å². The minimum atomic E-state index is -0.390. The molecule has 30 heavy (non-hydrogen) atoms. The van der Waals surface area contributed by atoms with Gasteiger partial charge in [0.05, 0.1) is 11.0 Å². The van der Waals surface area contributed by atoms with E-state index in [9.17, 15) is 4.79 Å². The molecular formula is C25H27ClN2O2. The van der Waals surface area contributed by atoms with Gasteiger partial charge in [0.25, 0.3) is 0 Å². The van der Waals surface area contributed by atoms with Gasteiger partial charge in [0.2, 0.25) is 0 Å². The molecule has 1 aliphatic rings. The van der Waals surface area contributed by atoms with Gasteiger partial charge < -0.3 is 15.4 Å². The second-order valence-corrected chi connectivity index (χ2v) is 7.73. The molecule has 1 fully saturated rings. The topological polar surface area (TPSA) is 55.6 Å². The number of nitrogens with two attached hydrogens (primary N) is 1. The SMILES string of the molecule is CN1CCC(c2ccccc2)(c2ccccc2)C(OC(=O)c2ccc(N)cc2)C1.Cl. The standard InChI is InChI=1S/C25H26N2O2.ClH/c1-27-17-16-25(20-8-4-2-5-9-20,21-10-6-3-7-11-21)23(18-27)29-24(28)19-12-14-22(26)15-13-19;/h2-15,23H,16-18,26H2,1H3;1H. The van der Waals surface area contributed by atoms with Crippen LogP contribution in [0, 0.1) is 0 Å². The van der Waals surface area contributed by atoms with Crippen LogP contribution in [-0.2, 0) is 10.2 Å². The summed E-state index contributed by atoms with van der Waals surface area (Å²) in [6, 6.07) is 27.7. The van der Waals surface area contributed by atoms with Crippen molar-refractivity contribution < 1.29 is 9.53 Å². The lowest BCUT2D eigenvalue weighted by atomic mass is 9.66. The third-order valence-electron chi connectivity index (χ3n) is 5.89. The van der Waals surface area contributed by atoms with Crippen molar-refractivity contribution in [3.05, 3.63) is 102 Å². The lowest BCUT2D eigenvalue weighted by Gasteiger charge is -2.47. The summed E-state index contributed by atoms with van der Waals surface area (Å²) in [5.74, 6) is -0.318. The molecular weight excluding hydrogens is 396 g/mol. The van der Waals surface area contributed by atoms with Crippen LogP contribution in [-0.4, -0.2) is 37.1 Å². The maximum atomic E-state index is 13.0. The molecule has 1 atom stereocenters. The van der Waals surface area contributed by atoms with Crippen LogP contribution in [0.3, 0.4) is 0 Å². The Labute approximate surface area is 184 Å². The van der Waals surface area contributed by atoms with Gasteiger partial charge in [-0.05, 0) is 55.4 Å². The van der Waals surface area contributed by atoms with E-state index in [1.165, 1.54) is 11.1 Å². The molecule has 0 aromatic heterocycles. The number of piperidine rings is 1. The second kappa shape index (κ2) is 9.33. The number of hydrogen-bond donors (Lipinski definition) is 1. The minimum Gasteiger partial charge on any atom is -0.456 e. The fourth-order valence-corrected chi connectivity index (χ4v) is 4.31. The first-order valence-electron chi connectivity index (χ1n) is 9.96. The average molecular weight is 423 g/mol. The van der Waals surface area contributed by atoms with Crippen LogP contribution < -0.4 is 5.73 Å². The molecule has 1 heterocycles. The zero-order chi connectivity index (χ0) is 20.3. The van der Waals surface area contributed by atoms with Crippen LogP contribution in [0.4, 0.5) is 5.69 Å². The normalized spacial score (nSPS) is 18.2. The number of benzene rings is 3. The highest BCUT2D eigenvalue weighted by atomic mass is 35.5. The van der Waals surface area contributed by atoms with Crippen LogP contribution in [0.2, 0.25) is 0 Å². The molecule has 3 aromatic rings. The van der Waals surface area contributed by atoms with Gasteiger partial charge in [-0.3, -0.25) is 0 Å². The van der Waals surface area contributed by atoms with Crippen molar-refractivity contribution >= 4 is 24.1 Å². The predicted molar refractivity (Wildman–Crippen MR) is 123 cm³/mol. The number of esters is 1. The van der Waals surface area contributed by atoms with Crippen molar-refractivity contribution in [1.29, 1.82) is 0 Å². The van der Waals surface area contributed by atoms with Crippen LogP contribution in [0.15, 0.2) is 84.9 Å². The average Bonchev–Trinajstić information content (AvgIpc) is 2.76. The Balaban J connectivity index is 0.00000256. The van der Waals surface area contributed by atoms with E-state index >= 15 is 0 Å². The van der Waals surface area contributed by atoms with Crippen LogP contribution in [0.25, 0.3) is 0 Å². The Morgan fingerprint density at radius 1 is 0.933 bits per heavy atom. The van der Waals surface area contributed by atoms with Crippen LogP contribution in [0.5, 0.6) is 0 Å². The number of nitrogens with zero attached hydrogens (tertiary/aromatic N) is 1. The smallest absolute Gasteiger partial charge is 0.338 e. The van der Waals surface area contributed by atoms with E-state index in [2.05, 4.69) is 60.5 Å². The molecule has 0 amide bonds. The van der Waals surface area contributed by atoms with Gasteiger partial charge in [-0.15, -0.1) is 12.4 Å². The molecule has 0 radical (unpaired) electrons. The first kappa shape index (κ1) is 21.9. The largest absolute Gasteiger partial charge is 0.456 e. The quantitative estimate of drug-likeness (QED) is 0.495. The summed E-state index contributed by atoms with van der Waals surface area (Å²) in [6.45, 7) is 1.60. The second-order valence-electron chi connectivity index (χ2n) is 7.73. The van der Waals surface area contributed by atoms with Gasteiger partial charge in [0.1, 0.15) is 6.10 Å². The Morgan fingerprint density at radius 2 is 1.47 bits per heavy atom. The Kier molecular flexibility index (Phi) is 6.80. The summed E-state index contributed by atoms with van der Waals surface area (Å²) in [5, 5.41) is 0. The summed E-state index contributed by atoms with van der Waals surface area (Å²) in [5.41, 5.74) is 8.87. The van der Waals surface area contributed by atoms with E-state index in [0.29, 0.717) is 17.8 Å². The van der Waals surface area contributed by atoms with Crippen molar-refractivity contribution in [2.24, 2.45) is 0 Å². The predicted octanol–water partition coefficient (Wildman–Crippen LogP) is 4.54. The molecule has 1 aliphatic heterocycles. The van der Waals surface area contributed by atoms with Gasteiger partial charge in [-0.1, -0.05) is 60.7 Å². The molecule has 156 valence electrons. The molecule has 0 saturated carbocycles. The number of hydrogen-bond acceptors (Lipinski definition) is 4. The summed E-state index contributed by atoms with van der Waals surface area (Å²) in [4.78, 5) is 15.2. The van der Waals surface area contributed by atoms with E-state index in [4.69, 9.17) is 10.5 Å². The van der Waals surface area contributed by atoms with Gasteiger partial charge >= 0.3 is 5.97 Å². The summed E-state index contributed by atoms with van der Waals surface area (Å²) in [6.07, 6.45) is 0.563. The van der Waals surface area contributed by atoms with Crippen LogP contribution in [0.1, 0.15) is 27.9 Å². The monoisotopic (exact) mass is 422 g/mol. The molecule has 1 saturated heterocycles. The Morgan fingerprint density at radius 3 is 2.00 bits per heavy atom. The highest BCUT2D eigenvalue weighted by Crippen LogP contribution is 2.43. The fourth-order valence-electron chi connectivity index (χ4n) is 4.31. The van der Waals surface area contributed by atoms with Crippen molar-refractivity contribution in [2.45, 2.75) is 17.9 Å². The number of likely N-dealkylation sites (N-methyl/N-ethyl adjacent to an activating group) is 1.